The molecule has 0 saturated heterocycles. The van der Waals surface area contributed by atoms with E-state index in [1.807, 2.05) is 5.38 Å². The average Bonchev–Trinajstić information content (AvgIpc) is 2.87. The summed E-state index contributed by atoms with van der Waals surface area (Å²) in [4.78, 5) is 0. The fourth-order valence-corrected chi connectivity index (χ4v) is 1.77. The van der Waals surface area contributed by atoms with Gasteiger partial charge in [-0.1, -0.05) is 12.1 Å². The first kappa shape index (κ1) is 11.3. The molecule has 2 aromatic heterocycles. The van der Waals surface area contributed by atoms with Gasteiger partial charge in [-0.3, -0.25) is 0 Å². The first-order valence-corrected chi connectivity index (χ1v) is 5.39. The van der Waals surface area contributed by atoms with Gasteiger partial charge in [0.05, 0.1) is 0 Å². The maximum absolute atomic E-state index is 9.61. The quantitative estimate of drug-likeness (QED) is 0.582. The van der Waals surface area contributed by atoms with Crippen LogP contribution < -0.4 is 15.1 Å². The highest BCUT2D eigenvalue weighted by Gasteiger charge is 2.23. The predicted octanol–water partition coefficient (Wildman–Crippen LogP) is -1.21. The van der Waals surface area contributed by atoms with E-state index in [9.17, 15) is 5.02 Å². The van der Waals surface area contributed by atoms with Crippen molar-refractivity contribution >= 4 is 36.0 Å². The van der Waals surface area contributed by atoms with Crippen molar-refractivity contribution in [1.29, 1.82) is 0 Å². The van der Waals surface area contributed by atoms with Crippen molar-refractivity contribution in [1.82, 2.24) is 0 Å². The Bertz CT molecular complexity index is 441. The lowest BCUT2D eigenvalue weighted by atomic mass is 9.88. The summed E-state index contributed by atoms with van der Waals surface area (Å²) in [6.45, 7) is 0. The smallest absolute Gasteiger partial charge is 0.505 e. The Morgan fingerprint density at radius 3 is 2.56 bits per heavy atom. The monoisotopic (exact) mass is 238 g/mol. The van der Waals surface area contributed by atoms with Gasteiger partial charge in [-0.25, -0.2) is 0 Å². The Morgan fingerprint density at radius 2 is 2.00 bits per heavy atom. The second kappa shape index (κ2) is 4.75. The molecule has 5 nitrogen and oxygen atoms in total. The summed E-state index contributed by atoms with van der Waals surface area (Å²) in [7, 11) is -2.80. The zero-order valence-electron chi connectivity index (χ0n) is 8.11. The number of thiophene rings is 1. The zero-order valence-corrected chi connectivity index (χ0v) is 8.92. The maximum atomic E-state index is 9.61. The molecular formula is C8H8B2O5S. The normalized spacial score (nSPS) is 10.2. The predicted molar refractivity (Wildman–Crippen MR) is 61.1 cm³/mol. The van der Waals surface area contributed by atoms with Crippen LogP contribution in [0, 0.1) is 0 Å². The minimum atomic E-state index is -1.68. The lowest BCUT2D eigenvalue weighted by Gasteiger charge is -2.04. The molecule has 0 saturated carbocycles. The zero-order chi connectivity index (χ0) is 11.5. The largest absolute Gasteiger partial charge is 0.572 e. The van der Waals surface area contributed by atoms with E-state index < -0.39 is 14.2 Å². The van der Waals surface area contributed by atoms with Crippen LogP contribution in [0.25, 0.3) is 0 Å². The van der Waals surface area contributed by atoms with Gasteiger partial charge < -0.3 is 24.1 Å². The summed E-state index contributed by atoms with van der Waals surface area (Å²) >= 11 is 1.35. The Labute approximate surface area is 96.2 Å². The van der Waals surface area contributed by atoms with Gasteiger partial charge in [0.2, 0.25) is 0 Å². The minimum Gasteiger partial charge on any atom is -0.505 e. The Morgan fingerprint density at radius 1 is 1.19 bits per heavy atom. The molecule has 0 aromatic carbocycles. The fourth-order valence-electron chi connectivity index (χ4n) is 1.14. The summed E-state index contributed by atoms with van der Waals surface area (Å²) < 4.78 is 10.6. The molecular weight excluding hydrogens is 230 g/mol. The third-order valence-electron chi connectivity index (χ3n) is 1.87. The summed E-state index contributed by atoms with van der Waals surface area (Å²) in [5, 5.41) is 29.0. The van der Waals surface area contributed by atoms with Crippen molar-refractivity contribution in [2.75, 3.05) is 0 Å². The fraction of sp³-hybridized carbons (Fsp3) is 0. The van der Waals surface area contributed by atoms with Crippen LogP contribution in [-0.2, 0) is 0 Å². The van der Waals surface area contributed by atoms with E-state index in [0.717, 1.165) is 0 Å². The molecule has 2 rings (SSSR count). The number of hydrogen-bond acceptors (Lipinski definition) is 6. The van der Waals surface area contributed by atoms with Crippen LogP contribution >= 0.6 is 11.3 Å². The highest BCUT2D eigenvalue weighted by Crippen LogP contribution is 2.10. The van der Waals surface area contributed by atoms with Crippen molar-refractivity contribution in [3.05, 3.63) is 29.6 Å². The molecule has 0 aliphatic carbocycles. The molecule has 3 N–H and O–H groups in total. The van der Waals surface area contributed by atoms with Gasteiger partial charge in [-0.15, -0.1) is 0 Å². The van der Waals surface area contributed by atoms with E-state index >= 15 is 0 Å². The van der Waals surface area contributed by atoms with E-state index in [2.05, 4.69) is 0 Å². The molecule has 8 heteroatoms. The van der Waals surface area contributed by atoms with Crippen LogP contribution in [0.2, 0.25) is 0 Å². The van der Waals surface area contributed by atoms with Gasteiger partial charge in [0.15, 0.2) is 0 Å². The van der Waals surface area contributed by atoms with Gasteiger partial charge in [-0.2, -0.15) is 11.3 Å². The number of hydrogen-bond donors (Lipinski definition) is 3. The molecule has 0 fully saturated rings. The summed E-state index contributed by atoms with van der Waals surface area (Å²) in [6, 6.07) is 6.28. The molecule has 2 aromatic rings. The molecule has 0 atom stereocenters. The van der Waals surface area contributed by atoms with E-state index in [-0.39, 0.29) is 11.6 Å². The first-order valence-electron chi connectivity index (χ1n) is 4.51. The second-order valence-electron chi connectivity index (χ2n) is 3.02. The van der Waals surface area contributed by atoms with Gasteiger partial charge in [-0.05, 0) is 11.4 Å². The van der Waals surface area contributed by atoms with Crippen molar-refractivity contribution in [3.8, 4) is 5.95 Å². The van der Waals surface area contributed by atoms with Gasteiger partial charge in [0.25, 0.3) is 5.95 Å². The highest BCUT2D eigenvalue weighted by atomic mass is 32.1. The van der Waals surface area contributed by atoms with Crippen LogP contribution in [0.15, 0.2) is 34.1 Å². The molecule has 0 bridgehead atoms. The summed E-state index contributed by atoms with van der Waals surface area (Å²) in [5.74, 6) is 0.0315. The molecule has 0 unspecified atom stereocenters. The summed E-state index contributed by atoms with van der Waals surface area (Å²) in [6.07, 6.45) is 0. The highest BCUT2D eigenvalue weighted by molar-refractivity contribution is 7.20. The van der Waals surface area contributed by atoms with Crippen LogP contribution in [0.3, 0.4) is 0 Å². The van der Waals surface area contributed by atoms with Crippen LogP contribution in [0.5, 0.6) is 5.95 Å². The van der Waals surface area contributed by atoms with Crippen LogP contribution in [0.4, 0.5) is 0 Å². The van der Waals surface area contributed by atoms with Crippen molar-refractivity contribution < 1.29 is 24.1 Å². The minimum absolute atomic E-state index is 0.0315. The van der Waals surface area contributed by atoms with Gasteiger partial charge >= 0.3 is 14.2 Å². The van der Waals surface area contributed by atoms with Crippen molar-refractivity contribution in [3.63, 3.8) is 0 Å². The molecule has 0 aliphatic rings. The molecule has 0 radical (unpaired) electrons. The molecule has 0 amide bonds. The lowest BCUT2D eigenvalue weighted by Crippen LogP contribution is -2.34. The first-order chi connectivity index (χ1) is 7.66. The molecule has 82 valence electrons. The SMILES string of the molecule is OB(O)c1ccc(OB(O)c2cccs2)o1. The third kappa shape index (κ3) is 2.48. The second-order valence-corrected chi connectivity index (χ2v) is 4.00. The molecule has 0 aliphatic heterocycles. The average molecular weight is 238 g/mol. The number of rotatable bonds is 4. The van der Waals surface area contributed by atoms with Crippen LogP contribution in [-0.4, -0.2) is 29.3 Å². The third-order valence-corrected chi connectivity index (χ3v) is 2.77. The Balaban J connectivity index is 2.03. The Kier molecular flexibility index (Phi) is 3.35. The van der Waals surface area contributed by atoms with Crippen molar-refractivity contribution in [2.24, 2.45) is 0 Å². The van der Waals surface area contributed by atoms with E-state index in [4.69, 9.17) is 19.1 Å². The van der Waals surface area contributed by atoms with Gasteiger partial charge in [0.1, 0.15) is 5.66 Å². The van der Waals surface area contributed by atoms with Crippen molar-refractivity contribution in [2.45, 2.75) is 0 Å². The molecule has 16 heavy (non-hydrogen) atoms. The molecule has 2 heterocycles. The standard InChI is InChI=1S/C8H8B2O5S/c11-9(12)6-3-4-8(14-6)15-10(13)7-2-1-5-16-7/h1-5,11-13H. The van der Waals surface area contributed by atoms with E-state index in [1.165, 1.54) is 23.5 Å². The topological polar surface area (TPSA) is 83.1 Å². The van der Waals surface area contributed by atoms with E-state index in [0.29, 0.717) is 4.78 Å². The summed E-state index contributed by atoms with van der Waals surface area (Å²) in [5.41, 5.74) is -0.0339. The van der Waals surface area contributed by atoms with E-state index in [1.54, 1.807) is 12.1 Å². The van der Waals surface area contributed by atoms with Gasteiger partial charge in [0, 0.05) is 10.8 Å². The number of furan rings is 1. The molecule has 0 spiro atoms. The van der Waals surface area contributed by atoms with Crippen LogP contribution in [0.1, 0.15) is 0 Å². The Hall–Kier alpha value is -1.21. The lowest BCUT2D eigenvalue weighted by molar-refractivity contribution is 0.344. The maximum Gasteiger partial charge on any atom is 0.572 e.